The van der Waals surface area contributed by atoms with Crippen molar-refractivity contribution in [1.29, 1.82) is 0 Å². The predicted molar refractivity (Wildman–Crippen MR) is 238 cm³/mol. The van der Waals surface area contributed by atoms with E-state index in [9.17, 15) is 35.1 Å². The number of ether oxygens (including phenoxy) is 2. The molecular formula is C52H26N2O9S. The van der Waals surface area contributed by atoms with Gasteiger partial charge in [-0.3, -0.25) is 9.59 Å². The molecule has 1 rings (SSSR count). The Morgan fingerprint density at radius 2 is 0.984 bits per heavy atom. The summed E-state index contributed by atoms with van der Waals surface area (Å²) in [6, 6.07) is -1.41. The molecule has 11 nitrogen and oxygen atoms in total. The first-order valence-electron chi connectivity index (χ1n) is 17.3. The molecule has 1 saturated heterocycles. The molecule has 0 bridgehead atoms. The lowest BCUT2D eigenvalue weighted by Crippen LogP contribution is -2.60. The summed E-state index contributed by atoms with van der Waals surface area (Å²) in [6.07, 6.45) is -1.88. The lowest BCUT2D eigenvalue weighted by molar-refractivity contribution is -0.294. The van der Waals surface area contributed by atoms with E-state index in [-0.39, 0.29) is 11.5 Å². The lowest BCUT2D eigenvalue weighted by Gasteiger charge is -2.40. The summed E-state index contributed by atoms with van der Waals surface area (Å²) < 4.78 is 11.2. The molecule has 1 aliphatic heterocycles. The summed E-state index contributed by atoms with van der Waals surface area (Å²) in [6.45, 7) is -0.617. The highest BCUT2D eigenvalue weighted by Gasteiger charge is 2.44. The van der Waals surface area contributed by atoms with Crippen LogP contribution in [-0.4, -0.2) is 104 Å². The molecule has 0 aliphatic carbocycles. The maximum atomic E-state index is 12.8. The molecule has 304 valence electrons. The van der Waals surface area contributed by atoms with Crippen molar-refractivity contribution in [2.24, 2.45) is 5.73 Å². The molecule has 0 radical (unpaired) electrons. The number of carbonyl (C=O) groups is 2. The minimum atomic E-state index is -1.82. The van der Waals surface area contributed by atoms with Gasteiger partial charge in [-0.1, -0.05) is 11.8 Å². The van der Waals surface area contributed by atoms with Gasteiger partial charge in [0.25, 0.3) is 0 Å². The zero-order chi connectivity index (χ0) is 46.9. The monoisotopic (exact) mass is 854 g/mol. The summed E-state index contributed by atoms with van der Waals surface area (Å²) in [7, 11) is 0. The number of primary amides is 1. The molecule has 8 atom stereocenters. The fraction of sp³-hybridized carbons (Fsp3) is 0.231. The van der Waals surface area contributed by atoms with Gasteiger partial charge in [-0.2, -0.15) is 0 Å². The van der Waals surface area contributed by atoms with Gasteiger partial charge in [-0.05, 0) is 166 Å². The molecule has 0 aromatic carbocycles. The Hall–Kier alpha value is -9.35. The number of nitrogens with two attached hydrogens (primary N) is 1. The quantitative estimate of drug-likeness (QED) is 0.101. The summed E-state index contributed by atoms with van der Waals surface area (Å²) in [5.41, 5.74) is 5.15. The first-order valence-corrected chi connectivity index (χ1v) is 18.5. The Labute approximate surface area is 377 Å². The van der Waals surface area contributed by atoms with Gasteiger partial charge in [0.15, 0.2) is 6.29 Å². The van der Waals surface area contributed by atoms with E-state index in [0.29, 0.717) is 0 Å². The minimum Gasteiger partial charge on any atom is -0.388 e. The zero-order valence-electron chi connectivity index (χ0n) is 33.0. The molecule has 2 amide bonds. The van der Waals surface area contributed by atoms with Gasteiger partial charge in [0.2, 0.25) is 11.8 Å². The van der Waals surface area contributed by atoms with E-state index in [1.165, 1.54) is 0 Å². The van der Waals surface area contributed by atoms with Crippen LogP contribution in [0, 0.1) is 226 Å². The first-order chi connectivity index (χ1) is 31.1. The number of rotatable bonds is 11. The third-order valence-electron chi connectivity index (χ3n) is 6.29. The standard InChI is InChI=1S/C52H26N2O9S/c1-3-5-7-9-11-13-15-17-18-19-20-21-22-23-24-25-26-27-29-31-33-35-37-39-47(57)54-43(40-62-52-51(61)50(60)49(59)45(63-52)41-64-42-46(53)56)48(58)44(55)38-36-34-32-30-28-16-14-12-10-8-6-4-2/h1-2,43-45,48-52,55,58-61H,39-42H2,(H2,53,56)(H,54,57)/t43-,44+,45?,48-,49-,50-,51?,52-/m0/s1. The van der Waals surface area contributed by atoms with Crippen LogP contribution in [0.1, 0.15) is 6.42 Å². The topological polar surface area (TPSA) is 192 Å². The molecule has 1 fully saturated rings. The van der Waals surface area contributed by atoms with Gasteiger partial charge >= 0.3 is 0 Å². The molecule has 1 heterocycles. The smallest absolute Gasteiger partial charge is 0.232 e. The molecule has 12 heteroatoms. The van der Waals surface area contributed by atoms with Crippen molar-refractivity contribution in [1.82, 2.24) is 5.32 Å². The molecule has 0 saturated carbocycles. The van der Waals surface area contributed by atoms with E-state index >= 15 is 0 Å². The molecule has 2 unspecified atom stereocenters. The normalized spacial score (nSPS) is 15.8. The van der Waals surface area contributed by atoms with Crippen molar-refractivity contribution in [2.75, 3.05) is 18.1 Å². The molecule has 1 aliphatic rings. The van der Waals surface area contributed by atoms with Crippen LogP contribution in [0.25, 0.3) is 0 Å². The molecule has 8 N–H and O–H groups in total. The van der Waals surface area contributed by atoms with Crippen LogP contribution in [0.5, 0.6) is 0 Å². The maximum absolute atomic E-state index is 12.8. The second-order valence-electron chi connectivity index (χ2n) is 10.7. The van der Waals surface area contributed by atoms with Gasteiger partial charge in [0.05, 0.1) is 30.9 Å². The average Bonchev–Trinajstić information content (AvgIpc) is 3.28. The van der Waals surface area contributed by atoms with Gasteiger partial charge in [0.1, 0.15) is 30.5 Å². The number of nitrogens with one attached hydrogen (secondary N) is 1. The van der Waals surface area contributed by atoms with Crippen LogP contribution >= 0.6 is 11.8 Å². The molecule has 64 heavy (non-hydrogen) atoms. The van der Waals surface area contributed by atoms with Crippen LogP contribution in [0.2, 0.25) is 0 Å². The second kappa shape index (κ2) is 35.6. The number of amides is 2. The molecule has 0 aromatic heterocycles. The fourth-order valence-corrected chi connectivity index (χ4v) is 4.51. The molecule has 0 aromatic rings. The first kappa shape index (κ1) is 52.7. The highest BCUT2D eigenvalue weighted by molar-refractivity contribution is 7.99. The molecule has 0 spiro atoms. The van der Waals surface area contributed by atoms with Crippen molar-refractivity contribution < 1.29 is 44.6 Å². The largest absolute Gasteiger partial charge is 0.388 e. The highest BCUT2D eigenvalue weighted by atomic mass is 32.2. The van der Waals surface area contributed by atoms with Crippen LogP contribution in [-0.2, 0) is 19.1 Å². The van der Waals surface area contributed by atoms with Crippen molar-refractivity contribution >= 4 is 23.6 Å². The Morgan fingerprint density at radius 3 is 1.39 bits per heavy atom. The van der Waals surface area contributed by atoms with Crippen molar-refractivity contribution in [3.63, 3.8) is 0 Å². The van der Waals surface area contributed by atoms with Crippen LogP contribution in [0.4, 0.5) is 0 Å². The van der Waals surface area contributed by atoms with E-state index in [0.717, 1.165) is 11.8 Å². The van der Waals surface area contributed by atoms with Crippen molar-refractivity contribution in [3.05, 3.63) is 0 Å². The summed E-state index contributed by atoms with van der Waals surface area (Å²) in [5.74, 6) is 84.7. The fourth-order valence-electron chi connectivity index (χ4n) is 3.68. The number of hydrogen-bond donors (Lipinski definition) is 7. The van der Waals surface area contributed by atoms with Gasteiger partial charge in [0, 0.05) is 41.3 Å². The Balaban J connectivity index is 2.99. The summed E-state index contributed by atoms with van der Waals surface area (Å²) >= 11 is 1.01. The van der Waals surface area contributed by atoms with Crippen LogP contribution in [0.15, 0.2) is 0 Å². The number of thioether (sulfide) groups is 1. The highest BCUT2D eigenvalue weighted by Crippen LogP contribution is 2.25. The van der Waals surface area contributed by atoms with Gasteiger partial charge in [-0.25, -0.2) is 0 Å². The van der Waals surface area contributed by atoms with E-state index in [4.69, 9.17) is 28.1 Å². The minimum absolute atomic E-state index is 0.0126. The SMILES string of the molecule is C#CC#CC#CC#CC#CC#CC#CC#CC#CC#CC#CC#CCC(=O)N[C@@H](CO[C@H]1OC(CSCC(N)=O)[C@H](O)[C@H](O)C1O)[C@H](O)[C@H](O)C#CC#CC#CC#CC#CC#CC#C. The number of aliphatic hydroxyl groups excluding tert-OH is 5. The number of carbonyl (C=O) groups excluding carboxylic acids is 2. The number of hydrogen-bond acceptors (Lipinski definition) is 10. The zero-order valence-corrected chi connectivity index (χ0v) is 33.8. The van der Waals surface area contributed by atoms with Gasteiger partial charge in [-0.15, -0.1) is 24.6 Å². The average molecular weight is 855 g/mol. The van der Waals surface area contributed by atoms with E-state index < -0.39 is 73.8 Å². The van der Waals surface area contributed by atoms with Crippen LogP contribution in [0.3, 0.4) is 0 Å². The van der Waals surface area contributed by atoms with Gasteiger partial charge < -0.3 is 46.1 Å². The maximum Gasteiger partial charge on any atom is 0.232 e. The van der Waals surface area contributed by atoms with E-state index in [1.807, 2.05) is 0 Å². The van der Waals surface area contributed by atoms with Crippen molar-refractivity contribution in [3.8, 4) is 226 Å². The lowest BCUT2D eigenvalue weighted by atomic mass is 10.00. The van der Waals surface area contributed by atoms with Crippen LogP contribution < -0.4 is 11.1 Å². The number of aliphatic hydroxyl groups is 5. The van der Waals surface area contributed by atoms with Crippen molar-refractivity contribution in [2.45, 2.75) is 55.4 Å². The predicted octanol–water partition coefficient (Wildman–Crippen LogP) is -4.05. The summed E-state index contributed by atoms with van der Waals surface area (Å²) in [4.78, 5) is 23.9. The van der Waals surface area contributed by atoms with E-state index in [1.54, 1.807) is 0 Å². The molecular weight excluding hydrogens is 829 g/mol. The summed E-state index contributed by atoms with van der Waals surface area (Å²) in [5, 5.41) is 55.2. The second-order valence-corrected chi connectivity index (χ2v) is 11.8. The van der Waals surface area contributed by atoms with E-state index in [2.05, 4.69) is 218 Å². The number of terminal acetylenes is 2. The third-order valence-corrected chi connectivity index (χ3v) is 7.35. The Kier molecular flexibility index (Phi) is 29.3. The third kappa shape index (κ3) is 26.6. The Bertz CT molecular complexity index is 3010. The Morgan fingerprint density at radius 1 is 0.594 bits per heavy atom.